The van der Waals surface area contributed by atoms with E-state index in [4.69, 9.17) is 5.11 Å². The SMILES string of the molecule is CC(C)C(CC(=O)O)NC(=O)N1CCN2CCCCC2C1. The standard InChI is InChI=1S/C15H27N3O3/c1-11(2)13(9-14(19)20)16-15(21)18-8-7-17-6-4-3-5-12(17)10-18/h11-13H,3-10H2,1-2H3,(H,16,21)(H,19,20). The summed E-state index contributed by atoms with van der Waals surface area (Å²) in [4.78, 5) is 27.6. The summed E-state index contributed by atoms with van der Waals surface area (Å²) in [5, 5.41) is 11.8. The number of piperazine rings is 1. The zero-order chi connectivity index (χ0) is 15.4. The summed E-state index contributed by atoms with van der Waals surface area (Å²) in [6.45, 7) is 7.46. The number of piperidine rings is 1. The molecule has 2 heterocycles. The monoisotopic (exact) mass is 297 g/mol. The maximum atomic E-state index is 12.4. The fourth-order valence-corrected chi connectivity index (χ4v) is 3.23. The summed E-state index contributed by atoms with van der Waals surface area (Å²) < 4.78 is 0. The molecule has 0 radical (unpaired) electrons. The molecular formula is C15H27N3O3. The predicted molar refractivity (Wildman–Crippen MR) is 80.2 cm³/mol. The summed E-state index contributed by atoms with van der Waals surface area (Å²) in [5.74, 6) is -0.757. The van der Waals surface area contributed by atoms with Crippen molar-refractivity contribution in [3.05, 3.63) is 0 Å². The number of nitrogens with one attached hydrogen (secondary N) is 1. The average Bonchev–Trinajstić information content (AvgIpc) is 2.45. The van der Waals surface area contributed by atoms with Crippen LogP contribution in [0.5, 0.6) is 0 Å². The molecule has 2 rings (SSSR count). The largest absolute Gasteiger partial charge is 0.481 e. The molecule has 0 aromatic carbocycles. The Balaban J connectivity index is 1.88. The van der Waals surface area contributed by atoms with Gasteiger partial charge in [-0.1, -0.05) is 20.3 Å². The molecule has 0 saturated carbocycles. The Hall–Kier alpha value is -1.30. The van der Waals surface area contributed by atoms with Gasteiger partial charge in [0.15, 0.2) is 0 Å². The van der Waals surface area contributed by atoms with Gasteiger partial charge in [0.1, 0.15) is 0 Å². The molecule has 2 fully saturated rings. The van der Waals surface area contributed by atoms with E-state index < -0.39 is 5.97 Å². The quantitative estimate of drug-likeness (QED) is 0.822. The molecule has 6 nitrogen and oxygen atoms in total. The number of urea groups is 1. The van der Waals surface area contributed by atoms with E-state index in [2.05, 4.69) is 10.2 Å². The Labute approximate surface area is 126 Å². The molecule has 120 valence electrons. The van der Waals surface area contributed by atoms with Gasteiger partial charge in [-0.25, -0.2) is 4.79 Å². The van der Waals surface area contributed by atoms with E-state index in [1.807, 2.05) is 18.7 Å². The number of carbonyl (C=O) groups is 2. The molecular weight excluding hydrogens is 270 g/mol. The lowest BCUT2D eigenvalue weighted by atomic mass is 9.99. The number of carboxylic acids is 1. The number of hydrogen-bond acceptors (Lipinski definition) is 3. The van der Waals surface area contributed by atoms with Crippen molar-refractivity contribution in [1.29, 1.82) is 0 Å². The first-order chi connectivity index (χ1) is 9.97. The van der Waals surface area contributed by atoms with Gasteiger partial charge in [0, 0.05) is 31.7 Å². The number of fused-ring (bicyclic) bond motifs is 1. The second-order valence-corrected chi connectivity index (χ2v) is 6.53. The first-order valence-electron chi connectivity index (χ1n) is 7.98. The molecule has 2 unspecified atom stereocenters. The molecule has 2 amide bonds. The van der Waals surface area contributed by atoms with Crippen LogP contribution in [0.2, 0.25) is 0 Å². The van der Waals surface area contributed by atoms with Crippen molar-refractivity contribution in [3.63, 3.8) is 0 Å². The van der Waals surface area contributed by atoms with Gasteiger partial charge in [-0.2, -0.15) is 0 Å². The summed E-state index contributed by atoms with van der Waals surface area (Å²) in [6, 6.07) is 0.0646. The van der Waals surface area contributed by atoms with Gasteiger partial charge in [-0.05, 0) is 25.3 Å². The third-order valence-corrected chi connectivity index (χ3v) is 4.63. The van der Waals surface area contributed by atoms with Gasteiger partial charge in [-0.3, -0.25) is 9.69 Å². The molecule has 21 heavy (non-hydrogen) atoms. The van der Waals surface area contributed by atoms with Crippen LogP contribution in [0.25, 0.3) is 0 Å². The number of carboxylic acid groups (broad SMARTS) is 1. The number of rotatable bonds is 4. The number of carbonyl (C=O) groups excluding carboxylic acids is 1. The molecule has 2 N–H and O–H groups in total. The number of aliphatic carboxylic acids is 1. The van der Waals surface area contributed by atoms with Crippen molar-refractivity contribution in [2.45, 2.75) is 51.6 Å². The summed E-state index contributed by atoms with van der Waals surface area (Å²) >= 11 is 0. The fourth-order valence-electron chi connectivity index (χ4n) is 3.23. The van der Waals surface area contributed by atoms with E-state index in [9.17, 15) is 9.59 Å². The first-order valence-corrected chi connectivity index (χ1v) is 7.98. The van der Waals surface area contributed by atoms with Gasteiger partial charge in [-0.15, -0.1) is 0 Å². The van der Waals surface area contributed by atoms with E-state index in [-0.39, 0.29) is 24.4 Å². The van der Waals surface area contributed by atoms with E-state index in [1.54, 1.807) is 0 Å². The van der Waals surface area contributed by atoms with E-state index >= 15 is 0 Å². The van der Waals surface area contributed by atoms with Gasteiger partial charge in [0.25, 0.3) is 0 Å². The maximum absolute atomic E-state index is 12.4. The van der Waals surface area contributed by atoms with E-state index in [0.29, 0.717) is 6.04 Å². The molecule has 0 bridgehead atoms. The smallest absolute Gasteiger partial charge is 0.317 e. The highest BCUT2D eigenvalue weighted by atomic mass is 16.4. The van der Waals surface area contributed by atoms with Gasteiger partial charge < -0.3 is 15.3 Å². The summed E-state index contributed by atoms with van der Waals surface area (Å²) in [6.07, 6.45) is 3.64. The normalized spacial score (nSPS) is 24.5. The molecule has 0 aliphatic carbocycles. The predicted octanol–water partition coefficient (Wildman–Crippen LogP) is 1.37. The van der Waals surface area contributed by atoms with Crippen LogP contribution in [-0.2, 0) is 4.79 Å². The topological polar surface area (TPSA) is 72.9 Å². The Bertz CT molecular complexity index is 386. The van der Waals surface area contributed by atoms with Crippen LogP contribution in [0.15, 0.2) is 0 Å². The van der Waals surface area contributed by atoms with E-state index in [0.717, 1.165) is 32.6 Å². The van der Waals surface area contributed by atoms with Crippen molar-refractivity contribution in [1.82, 2.24) is 15.1 Å². The Morgan fingerprint density at radius 2 is 2.00 bits per heavy atom. The summed E-state index contributed by atoms with van der Waals surface area (Å²) in [5.41, 5.74) is 0. The Morgan fingerprint density at radius 3 is 2.67 bits per heavy atom. The molecule has 0 spiro atoms. The van der Waals surface area contributed by atoms with Crippen LogP contribution in [0.4, 0.5) is 4.79 Å². The highest BCUT2D eigenvalue weighted by Gasteiger charge is 2.32. The molecule has 6 heteroatoms. The minimum absolute atomic E-state index is 0.0210. The van der Waals surface area contributed by atoms with Crippen LogP contribution >= 0.6 is 0 Å². The zero-order valence-electron chi connectivity index (χ0n) is 13.0. The van der Waals surface area contributed by atoms with Crippen LogP contribution in [0.1, 0.15) is 39.5 Å². The van der Waals surface area contributed by atoms with Gasteiger partial charge >= 0.3 is 12.0 Å². The van der Waals surface area contributed by atoms with Crippen molar-refractivity contribution in [2.75, 3.05) is 26.2 Å². The molecule has 2 aliphatic rings. The third kappa shape index (κ3) is 4.33. The highest BCUT2D eigenvalue weighted by molar-refractivity contribution is 5.76. The lowest BCUT2D eigenvalue weighted by Gasteiger charge is -2.44. The lowest BCUT2D eigenvalue weighted by molar-refractivity contribution is -0.137. The molecule has 2 aliphatic heterocycles. The van der Waals surface area contributed by atoms with Crippen LogP contribution in [0.3, 0.4) is 0 Å². The van der Waals surface area contributed by atoms with Crippen molar-refractivity contribution in [3.8, 4) is 0 Å². The highest BCUT2D eigenvalue weighted by Crippen LogP contribution is 2.21. The van der Waals surface area contributed by atoms with Crippen LogP contribution < -0.4 is 5.32 Å². The second-order valence-electron chi connectivity index (χ2n) is 6.53. The average molecular weight is 297 g/mol. The minimum atomic E-state index is -0.869. The molecule has 2 saturated heterocycles. The second kappa shape index (κ2) is 7.11. The Morgan fingerprint density at radius 1 is 1.24 bits per heavy atom. The molecule has 2 atom stereocenters. The lowest BCUT2D eigenvalue weighted by Crippen LogP contribution is -2.59. The molecule has 0 aromatic heterocycles. The number of nitrogens with zero attached hydrogens (tertiary/aromatic N) is 2. The van der Waals surface area contributed by atoms with Gasteiger partial charge in [0.2, 0.25) is 0 Å². The Kier molecular flexibility index (Phi) is 5.45. The third-order valence-electron chi connectivity index (χ3n) is 4.63. The fraction of sp³-hybridized carbons (Fsp3) is 0.867. The van der Waals surface area contributed by atoms with Crippen LogP contribution in [0, 0.1) is 5.92 Å². The zero-order valence-corrected chi connectivity index (χ0v) is 13.0. The summed E-state index contributed by atoms with van der Waals surface area (Å²) in [7, 11) is 0. The number of hydrogen-bond donors (Lipinski definition) is 2. The number of amides is 2. The van der Waals surface area contributed by atoms with E-state index in [1.165, 1.54) is 12.8 Å². The first kappa shape index (κ1) is 16.1. The van der Waals surface area contributed by atoms with Crippen LogP contribution in [-0.4, -0.2) is 65.2 Å². The maximum Gasteiger partial charge on any atom is 0.317 e. The van der Waals surface area contributed by atoms with Gasteiger partial charge in [0.05, 0.1) is 6.42 Å². The van der Waals surface area contributed by atoms with Crippen molar-refractivity contribution < 1.29 is 14.7 Å². The minimum Gasteiger partial charge on any atom is -0.481 e. The van der Waals surface area contributed by atoms with Crippen molar-refractivity contribution >= 4 is 12.0 Å². The van der Waals surface area contributed by atoms with Crippen molar-refractivity contribution in [2.24, 2.45) is 5.92 Å². The molecule has 0 aromatic rings.